The van der Waals surface area contributed by atoms with Gasteiger partial charge < -0.3 is 5.73 Å². The van der Waals surface area contributed by atoms with E-state index in [-0.39, 0.29) is 0 Å². The SMILES string of the molecule is CSc1ccc(C2C(CN)CCN2C)cc1. The Bertz CT molecular complexity index is 336. The fraction of sp³-hybridized carbons (Fsp3) is 0.538. The van der Waals surface area contributed by atoms with Crippen LogP contribution in [-0.4, -0.2) is 31.3 Å². The zero-order chi connectivity index (χ0) is 11.5. The quantitative estimate of drug-likeness (QED) is 0.817. The van der Waals surface area contributed by atoms with Crippen LogP contribution in [0.1, 0.15) is 18.0 Å². The summed E-state index contributed by atoms with van der Waals surface area (Å²) in [6.45, 7) is 1.95. The minimum Gasteiger partial charge on any atom is -0.330 e. The third-order valence-electron chi connectivity index (χ3n) is 3.53. The van der Waals surface area contributed by atoms with E-state index in [1.54, 1.807) is 11.8 Å². The molecule has 1 aliphatic heterocycles. The number of nitrogens with two attached hydrogens (primary N) is 1. The second kappa shape index (κ2) is 5.21. The van der Waals surface area contributed by atoms with Gasteiger partial charge in [-0.3, -0.25) is 4.90 Å². The number of hydrogen-bond donors (Lipinski definition) is 1. The van der Waals surface area contributed by atoms with Crippen LogP contribution in [0.3, 0.4) is 0 Å². The van der Waals surface area contributed by atoms with Gasteiger partial charge in [0, 0.05) is 10.9 Å². The van der Waals surface area contributed by atoms with E-state index in [2.05, 4.69) is 42.5 Å². The molecule has 0 spiro atoms. The molecular weight excluding hydrogens is 216 g/mol. The molecule has 88 valence electrons. The molecule has 1 aliphatic rings. The zero-order valence-electron chi connectivity index (χ0n) is 10.0. The average molecular weight is 236 g/mol. The second-order valence-corrected chi connectivity index (χ2v) is 5.36. The van der Waals surface area contributed by atoms with Gasteiger partial charge in [-0.25, -0.2) is 0 Å². The van der Waals surface area contributed by atoms with Gasteiger partial charge in [0.1, 0.15) is 0 Å². The van der Waals surface area contributed by atoms with Gasteiger partial charge in [-0.05, 0) is 56.4 Å². The Balaban J connectivity index is 2.21. The first-order chi connectivity index (χ1) is 7.76. The van der Waals surface area contributed by atoms with Crippen molar-refractivity contribution in [3.63, 3.8) is 0 Å². The van der Waals surface area contributed by atoms with Crippen LogP contribution >= 0.6 is 11.8 Å². The van der Waals surface area contributed by atoms with Gasteiger partial charge in [0.15, 0.2) is 0 Å². The van der Waals surface area contributed by atoms with Crippen molar-refractivity contribution in [1.29, 1.82) is 0 Å². The Morgan fingerprint density at radius 3 is 2.62 bits per heavy atom. The van der Waals surface area contributed by atoms with Crippen molar-refractivity contribution >= 4 is 11.8 Å². The van der Waals surface area contributed by atoms with Gasteiger partial charge >= 0.3 is 0 Å². The smallest absolute Gasteiger partial charge is 0.0385 e. The number of hydrogen-bond acceptors (Lipinski definition) is 3. The molecule has 2 rings (SSSR count). The molecule has 0 aliphatic carbocycles. The summed E-state index contributed by atoms with van der Waals surface area (Å²) in [5, 5.41) is 0. The van der Waals surface area contributed by atoms with E-state index >= 15 is 0 Å². The number of benzene rings is 1. The molecule has 3 heteroatoms. The van der Waals surface area contributed by atoms with Crippen molar-refractivity contribution < 1.29 is 0 Å². The fourth-order valence-electron chi connectivity index (χ4n) is 2.60. The van der Waals surface area contributed by atoms with Crippen molar-refractivity contribution in [2.75, 3.05) is 26.4 Å². The summed E-state index contributed by atoms with van der Waals surface area (Å²) < 4.78 is 0. The van der Waals surface area contributed by atoms with Crippen LogP contribution in [0.4, 0.5) is 0 Å². The predicted molar refractivity (Wildman–Crippen MR) is 70.8 cm³/mol. The molecule has 2 atom stereocenters. The minimum absolute atomic E-state index is 0.515. The molecule has 0 radical (unpaired) electrons. The molecule has 2 N–H and O–H groups in total. The number of rotatable bonds is 3. The Labute approximate surface area is 102 Å². The summed E-state index contributed by atoms with van der Waals surface area (Å²) >= 11 is 1.79. The summed E-state index contributed by atoms with van der Waals surface area (Å²) in [6.07, 6.45) is 3.33. The third kappa shape index (κ3) is 2.26. The summed E-state index contributed by atoms with van der Waals surface area (Å²) in [5.41, 5.74) is 7.26. The van der Waals surface area contributed by atoms with Crippen molar-refractivity contribution in [3.8, 4) is 0 Å². The Morgan fingerprint density at radius 2 is 2.06 bits per heavy atom. The largest absolute Gasteiger partial charge is 0.330 e. The van der Waals surface area contributed by atoms with Crippen LogP contribution in [0.2, 0.25) is 0 Å². The summed E-state index contributed by atoms with van der Waals surface area (Å²) in [4.78, 5) is 3.75. The molecule has 1 heterocycles. The van der Waals surface area contributed by atoms with Gasteiger partial charge in [0.05, 0.1) is 0 Å². The molecule has 0 amide bonds. The molecule has 0 saturated carbocycles. The van der Waals surface area contributed by atoms with E-state index in [4.69, 9.17) is 5.73 Å². The third-order valence-corrected chi connectivity index (χ3v) is 4.28. The Morgan fingerprint density at radius 1 is 1.38 bits per heavy atom. The molecule has 1 aromatic rings. The topological polar surface area (TPSA) is 29.3 Å². The fourth-order valence-corrected chi connectivity index (χ4v) is 3.01. The predicted octanol–water partition coefficient (Wildman–Crippen LogP) is 2.36. The van der Waals surface area contributed by atoms with E-state index in [0.717, 1.165) is 13.1 Å². The highest BCUT2D eigenvalue weighted by molar-refractivity contribution is 7.98. The maximum absolute atomic E-state index is 5.85. The van der Waals surface area contributed by atoms with Gasteiger partial charge in [-0.2, -0.15) is 0 Å². The lowest BCUT2D eigenvalue weighted by Crippen LogP contribution is -2.25. The van der Waals surface area contributed by atoms with Crippen molar-refractivity contribution in [1.82, 2.24) is 4.90 Å². The summed E-state index contributed by atoms with van der Waals surface area (Å²) in [7, 11) is 2.20. The van der Waals surface area contributed by atoms with Crippen LogP contribution < -0.4 is 5.73 Å². The monoisotopic (exact) mass is 236 g/mol. The molecule has 2 unspecified atom stereocenters. The number of nitrogens with zero attached hydrogens (tertiary/aromatic N) is 1. The van der Waals surface area contributed by atoms with Crippen molar-refractivity contribution in [2.45, 2.75) is 17.4 Å². The van der Waals surface area contributed by atoms with Crippen LogP contribution in [0.5, 0.6) is 0 Å². The Kier molecular flexibility index (Phi) is 3.90. The molecule has 16 heavy (non-hydrogen) atoms. The number of thioether (sulfide) groups is 1. The highest BCUT2D eigenvalue weighted by atomic mass is 32.2. The van der Waals surface area contributed by atoms with Crippen molar-refractivity contribution in [3.05, 3.63) is 29.8 Å². The molecule has 0 aromatic heterocycles. The van der Waals surface area contributed by atoms with E-state index in [1.807, 2.05) is 0 Å². The highest BCUT2D eigenvalue weighted by Crippen LogP contribution is 2.35. The molecule has 1 fully saturated rings. The molecule has 1 saturated heterocycles. The van der Waals surface area contributed by atoms with Gasteiger partial charge in [0.25, 0.3) is 0 Å². The van der Waals surface area contributed by atoms with Crippen LogP contribution in [0.15, 0.2) is 29.2 Å². The maximum Gasteiger partial charge on any atom is 0.0385 e. The Hall–Kier alpha value is -0.510. The lowest BCUT2D eigenvalue weighted by Gasteiger charge is -2.24. The van der Waals surface area contributed by atoms with E-state index in [9.17, 15) is 0 Å². The lowest BCUT2D eigenvalue weighted by atomic mass is 9.94. The molecule has 2 nitrogen and oxygen atoms in total. The highest BCUT2D eigenvalue weighted by Gasteiger charge is 2.31. The first-order valence-corrected chi connectivity index (χ1v) is 7.03. The second-order valence-electron chi connectivity index (χ2n) is 4.48. The van der Waals surface area contributed by atoms with E-state index in [1.165, 1.54) is 16.9 Å². The van der Waals surface area contributed by atoms with E-state index in [0.29, 0.717) is 12.0 Å². The summed E-state index contributed by atoms with van der Waals surface area (Å²) in [6, 6.07) is 9.43. The number of likely N-dealkylation sites (tertiary alicyclic amines) is 1. The first kappa shape index (κ1) is 12.0. The normalized spacial score (nSPS) is 26.2. The lowest BCUT2D eigenvalue weighted by molar-refractivity contribution is 0.279. The average Bonchev–Trinajstić information content (AvgIpc) is 2.70. The summed E-state index contributed by atoms with van der Waals surface area (Å²) in [5.74, 6) is 0.616. The zero-order valence-corrected chi connectivity index (χ0v) is 10.8. The van der Waals surface area contributed by atoms with Gasteiger partial charge in [-0.1, -0.05) is 12.1 Å². The maximum atomic E-state index is 5.85. The molecule has 0 bridgehead atoms. The van der Waals surface area contributed by atoms with Gasteiger partial charge in [0.2, 0.25) is 0 Å². The van der Waals surface area contributed by atoms with Gasteiger partial charge in [-0.15, -0.1) is 11.8 Å². The van der Waals surface area contributed by atoms with Crippen LogP contribution in [-0.2, 0) is 0 Å². The molecular formula is C13H20N2S. The first-order valence-electron chi connectivity index (χ1n) is 5.80. The molecule has 1 aromatic carbocycles. The van der Waals surface area contributed by atoms with Crippen LogP contribution in [0, 0.1) is 5.92 Å². The van der Waals surface area contributed by atoms with Crippen LogP contribution in [0.25, 0.3) is 0 Å². The standard InChI is InChI=1S/C13H20N2S/c1-15-8-7-11(9-14)13(15)10-3-5-12(16-2)6-4-10/h3-6,11,13H,7-9,14H2,1-2H3. The van der Waals surface area contributed by atoms with E-state index < -0.39 is 0 Å². The van der Waals surface area contributed by atoms with Crippen molar-refractivity contribution in [2.24, 2.45) is 11.7 Å². The minimum atomic E-state index is 0.515.